The van der Waals surface area contributed by atoms with Gasteiger partial charge in [-0.05, 0) is 25.0 Å². The molecular formula is C19H22N3O4. The second-order valence-electron chi connectivity index (χ2n) is 6.52. The molecule has 26 heavy (non-hydrogen) atoms. The maximum Gasteiger partial charge on any atom is 0.264 e. The number of carbonyl (C=O) groups is 4. The normalized spacial score (nSPS) is 19.6. The van der Waals surface area contributed by atoms with Crippen LogP contribution in [-0.4, -0.2) is 41.1 Å². The van der Waals surface area contributed by atoms with E-state index in [1.807, 2.05) is 0 Å². The fourth-order valence-electron chi connectivity index (χ4n) is 3.36. The average Bonchev–Trinajstić information content (AvgIpc) is 2.87. The zero-order chi connectivity index (χ0) is 18.7. The Bertz CT molecular complexity index is 759. The van der Waals surface area contributed by atoms with Crippen LogP contribution in [-0.2, 0) is 9.59 Å². The van der Waals surface area contributed by atoms with E-state index < -0.39 is 23.8 Å². The molecule has 2 aliphatic heterocycles. The smallest absolute Gasteiger partial charge is 0.264 e. The number of benzene rings is 1. The number of rotatable bonds is 7. The first kappa shape index (κ1) is 18.1. The molecule has 0 spiro atoms. The van der Waals surface area contributed by atoms with Crippen LogP contribution in [0.5, 0.6) is 0 Å². The van der Waals surface area contributed by atoms with Gasteiger partial charge in [0.05, 0.1) is 11.1 Å². The number of anilines is 1. The van der Waals surface area contributed by atoms with Crippen LogP contribution in [0.3, 0.4) is 0 Å². The third-order valence-electron chi connectivity index (χ3n) is 4.71. The first-order valence-electron chi connectivity index (χ1n) is 8.92. The predicted molar refractivity (Wildman–Crippen MR) is 95.4 cm³/mol. The molecule has 1 aromatic rings. The first-order valence-corrected chi connectivity index (χ1v) is 8.92. The summed E-state index contributed by atoms with van der Waals surface area (Å²) >= 11 is 0. The number of nitrogens with zero attached hydrogens (tertiary/aromatic N) is 1. The topological polar surface area (TPSA) is 95.6 Å². The van der Waals surface area contributed by atoms with Crippen LogP contribution < -0.4 is 10.6 Å². The Morgan fingerprint density at radius 2 is 1.92 bits per heavy atom. The molecule has 7 heteroatoms. The van der Waals surface area contributed by atoms with Crippen molar-refractivity contribution < 1.29 is 19.2 Å². The van der Waals surface area contributed by atoms with E-state index in [0.29, 0.717) is 23.4 Å². The Hall–Kier alpha value is -2.70. The van der Waals surface area contributed by atoms with Gasteiger partial charge in [-0.25, -0.2) is 0 Å². The van der Waals surface area contributed by atoms with Crippen molar-refractivity contribution >= 4 is 29.3 Å². The fourth-order valence-corrected chi connectivity index (χ4v) is 3.36. The second kappa shape index (κ2) is 7.68. The third kappa shape index (κ3) is 3.34. The fraction of sp³-hybridized carbons (Fsp3) is 0.421. The largest absolute Gasteiger partial charge is 0.384 e. The molecule has 7 nitrogen and oxygen atoms in total. The lowest BCUT2D eigenvalue weighted by molar-refractivity contribution is -0.136. The van der Waals surface area contributed by atoms with Crippen molar-refractivity contribution in [2.24, 2.45) is 0 Å². The van der Waals surface area contributed by atoms with Crippen LogP contribution in [0.15, 0.2) is 18.2 Å². The molecule has 1 saturated heterocycles. The molecule has 1 fully saturated rings. The van der Waals surface area contributed by atoms with Crippen LogP contribution in [0.2, 0.25) is 0 Å². The Morgan fingerprint density at radius 3 is 2.65 bits per heavy atom. The van der Waals surface area contributed by atoms with Crippen LogP contribution in [0, 0.1) is 6.92 Å². The van der Waals surface area contributed by atoms with Gasteiger partial charge in [-0.3, -0.25) is 29.4 Å². The van der Waals surface area contributed by atoms with Crippen molar-refractivity contribution in [1.29, 1.82) is 0 Å². The van der Waals surface area contributed by atoms with Crippen molar-refractivity contribution in [3.63, 3.8) is 0 Å². The lowest BCUT2D eigenvalue weighted by Gasteiger charge is -2.27. The summed E-state index contributed by atoms with van der Waals surface area (Å²) in [5.74, 6) is -1.95. The SMILES string of the molecule is [CH2]CCCCCNc1cccc2c1C(=O)N(C1CCC(=O)NC1=O)C2=O. The van der Waals surface area contributed by atoms with Gasteiger partial charge in [0.1, 0.15) is 6.04 Å². The van der Waals surface area contributed by atoms with E-state index in [1.54, 1.807) is 18.2 Å². The highest BCUT2D eigenvalue weighted by Crippen LogP contribution is 2.32. The molecule has 3 rings (SSSR count). The first-order chi connectivity index (χ1) is 12.5. The molecular weight excluding hydrogens is 334 g/mol. The number of amides is 4. The molecule has 1 radical (unpaired) electrons. The highest BCUT2D eigenvalue weighted by molar-refractivity contribution is 6.25. The lowest BCUT2D eigenvalue weighted by Crippen LogP contribution is -2.54. The van der Waals surface area contributed by atoms with E-state index in [-0.39, 0.29) is 18.7 Å². The highest BCUT2D eigenvalue weighted by Gasteiger charge is 2.45. The number of fused-ring (bicyclic) bond motifs is 1. The van der Waals surface area contributed by atoms with Gasteiger partial charge < -0.3 is 5.32 Å². The molecule has 0 saturated carbocycles. The van der Waals surface area contributed by atoms with Crippen molar-refractivity contribution in [1.82, 2.24) is 10.2 Å². The summed E-state index contributed by atoms with van der Waals surface area (Å²) in [6, 6.07) is 4.13. The van der Waals surface area contributed by atoms with Gasteiger partial charge in [-0.1, -0.05) is 32.3 Å². The summed E-state index contributed by atoms with van der Waals surface area (Å²) in [7, 11) is 0. The molecule has 2 heterocycles. The maximum absolute atomic E-state index is 12.9. The van der Waals surface area contributed by atoms with E-state index in [9.17, 15) is 19.2 Å². The predicted octanol–water partition coefficient (Wildman–Crippen LogP) is 1.89. The molecule has 0 aliphatic carbocycles. The van der Waals surface area contributed by atoms with Crippen LogP contribution >= 0.6 is 0 Å². The minimum Gasteiger partial charge on any atom is -0.384 e. The molecule has 4 amide bonds. The van der Waals surface area contributed by atoms with Crippen molar-refractivity contribution in [3.8, 4) is 0 Å². The number of nitrogens with one attached hydrogen (secondary N) is 2. The average molecular weight is 356 g/mol. The highest BCUT2D eigenvalue weighted by atomic mass is 16.2. The molecule has 1 unspecified atom stereocenters. The minimum absolute atomic E-state index is 0.112. The maximum atomic E-state index is 12.9. The number of hydrogen-bond acceptors (Lipinski definition) is 5. The number of hydrogen-bond donors (Lipinski definition) is 2. The van der Waals surface area contributed by atoms with E-state index >= 15 is 0 Å². The van der Waals surface area contributed by atoms with E-state index in [1.165, 1.54) is 0 Å². The Morgan fingerprint density at radius 1 is 1.12 bits per heavy atom. The van der Waals surface area contributed by atoms with Gasteiger partial charge in [-0.15, -0.1) is 0 Å². The Balaban J connectivity index is 1.78. The van der Waals surface area contributed by atoms with E-state index in [0.717, 1.165) is 30.6 Å². The number of carbonyl (C=O) groups excluding carboxylic acids is 4. The zero-order valence-electron chi connectivity index (χ0n) is 14.5. The minimum atomic E-state index is -0.940. The van der Waals surface area contributed by atoms with Gasteiger partial charge in [-0.2, -0.15) is 0 Å². The summed E-state index contributed by atoms with van der Waals surface area (Å²) in [5, 5.41) is 5.42. The Labute approximate surface area is 152 Å². The standard InChI is InChI=1S/C19H22N3O4/c1-2-3-4-5-11-20-13-8-6-7-12-16(13)19(26)22(18(12)25)14-9-10-15(23)21-17(14)24/h6-8,14,20H,1-5,9-11H2,(H,21,23,24). The lowest BCUT2D eigenvalue weighted by atomic mass is 10.0. The quantitative estimate of drug-likeness (QED) is 0.575. The van der Waals surface area contributed by atoms with E-state index in [2.05, 4.69) is 17.6 Å². The molecule has 2 aliphatic rings. The van der Waals surface area contributed by atoms with Gasteiger partial charge in [0.2, 0.25) is 11.8 Å². The number of unbranched alkanes of at least 4 members (excludes halogenated alkanes) is 3. The van der Waals surface area contributed by atoms with Crippen molar-refractivity contribution in [3.05, 3.63) is 36.2 Å². The van der Waals surface area contributed by atoms with Gasteiger partial charge >= 0.3 is 0 Å². The molecule has 0 aromatic heterocycles. The van der Waals surface area contributed by atoms with Gasteiger partial charge in [0.15, 0.2) is 0 Å². The van der Waals surface area contributed by atoms with Crippen molar-refractivity contribution in [2.45, 2.75) is 44.6 Å². The number of imide groups is 2. The van der Waals surface area contributed by atoms with Gasteiger partial charge in [0, 0.05) is 18.7 Å². The molecule has 1 aromatic carbocycles. The molecule has 2 N–H and O–H groups in total. The molecule has 1 atom stereocenters. The summed E-state index contributed by atoms with van der Waals surface area (Å²) < 4.78 is 0. The zero-order valence-corrected chi connectivity index (χ0v) is 14.5. The molecule has 0 bridgehead atoms. The number of piperidine rings is 1. The molecule has 137 valence electrons. The van der Waals surface area contributed by atoms with Gasteiger partial charge in [0.25, 0.3) is 11.8 Å². The van der Waals surface area contributed by atoms with Crippen LogP contribution in [0.25, 0.3) is 0 Å². The summed E-state index contributed by atoms with van der Waals surface area (Å²) in [5.41, 5.74) is 1.20. The Kier molecular flexibility index (Phi) is 5.35. The second-order valence-corrected chi connectivity index (χ2v) is 6.52. The third-order valence-corrected chi connectivity index (χ3v) is 4.71. The summed E-state index contributed by atoms with van der Waals surface area (Å²) in [4.78, 5) is 50.0. The van der Waals surface area contributed by atoms with Crippen molar-refractivity contribution in [2.75, 3.05) is 11.9 Å². The summed E-state index contributed by atoms with van der Waals surface area (Å²) in [6.07, 6.45) is 4.20. The van der Waals surface area contributed by atoms with E-state index in [4.69, 9.17) is 0 Å². The van der Waals surface area contributed by atoms with Crippen LogP contribution in [0.4, 0.5) is 5.69 Å². The monoisotopic (exact) mass is 356 g/mol. The summed E-state index contributed by atoms with van der Waals surface area (Å²) in [6.45, 7) is 4.50. The van der Waals surface area contributed by atoms with Crippen LogP contribution in [0.1, 0.15) is 59.2 Å².